The topological polar surface area (TPSA) is 40.6 Å². The van der Waals surface area contributed by atoms with Gasteiger partial charge in [-0.05, 0) is 34.5 Å². The molecule has 0 spiro atoms. The minimum absolute atomic E-state index is 0.0707. The summed E-state index contributed by atoms with van der Waals surface area (Å²) < 4.78 is 0.967. The van der Waals surface area contributed by atoms with Gasteiger partial charge in [-0.3, -0.25) is 9.59 Å². The molecule has 0 aliphatic carbocycles. The number of unbranched alkanes of at least 4 members (excludes halogenated alkanes) is 1. The molecule has 2 rings (SSSR count). The molecular formula is C14H19BrN2O2S. The van der Waals surface area contributed by atoms with Gasteiger partial charge in [0.05, 0.1) is 8.66 Å². The van der Waals surface area contributed by atoms with E-state index in [0.29, 0.717) is 32.6 Å². The molecular weight excluding hydrogens is 340 g/mol. The normalized spacial score (nSPS) is 15.5. The molecule has 1 aliphatic rings. The zero-order valence-corrected chi connectivity index (χ0v) is 14.0. The third-order valence-corrected chi connectivity index (χ3v) is 5.06. The summed E-state index contributed by atoms with van der Waals surface area (Å²) in [5, 5.41) is 0. The standard InChI is InChI=1S/C14H19BrN2O2S/c1-2-3-4-13(18)16-7-9-17(10-8-16)14(19)11-5-6-12(15)20-11/h5-6H,2-4,7-10H2,1H3. The van der Waals surface area contributed by atoms with Gasteiger partial charge in [-0.1, -0.05) is 13.3 Å². The lowest BCUT2D eigenvalue weighted by atomic mass is 10.2. The second-order valence-electron chi connectivity index (χ2n) is 4.88. The van der Waals surface area contributed by atoms with Gasteiger partial charge < -0.3 is 9.80 Å². The van der Waals surface area contributed by atoms with Crippen LogP contribution >= 0.6 is 27.3 Å². The smallest absolute Gasteiger partial charge is 0.264 e. The van der Waals surface area contributed by atoms with E-state index in [9.17, 15) is 9.59 Å². The molecule has 1 fully saturated rings. The van der Waals surface area contributed by atoms with Crippen LogP contribution in [0.25, 0.3) is 0 Å². The highest BCUT2D eigenvalue weighted by atomic mass is 79.9. The zero-order valence-electron chi connectivity index (χ0n) is 11.6. The quantitative estimate of drug-likeness (QED) is 0.829. The molecule has 1 aromatic heterocycles. The van der Waals surface area contributed by atoms with Crippen LogP contribution in [-0.2, 0) is 4.79 Å². The summed E-state index contributed by atoms with van der Waals surface area (Å²) in [7, 11) is 0. The molecule has 6 heteroatoms. The van der Waals surface area contributed by atoms with Crippen LogP contribution in [0.4, 0.5) is 0 Å². The molecule has 0 N–H and O–H groups in total. The lowest BCUT2D eigenvalue weighted by Gasteiger charge is -2.34. The van der Waals surface area contributed by atoms with E-state index in [1.807, 2.05) is 21.9 Å². The molecule has 4 nitrogen and oxygen atoms in total. The second-order valence-corrected chi connectivity index (χ2v) is 7.34. The van der Waals surface area contributed by atoms with Gasteiger partial charge in [-0.15, -0.1) is 11.3 Å². The number of carbonyl (C=O) groups excluding carboxylic acids is 2. The van der Waals surface area contributed by atoms with Crippen molar-refractivity contribution in [2.75, 3.05) is 26.2 Å². The SMILES string of the molecule is CCCCC(=O)N1CCN(C(=O)c2ccc(Br)s2)CC1. The van der Waals surface area contributed by atoms with Crippen molar-refractivity contribution in [1.29, 1.82) is 0 Å². The maximum absolute atomic E-state index is 12.3. The van der Waals surface area contributed by atoms with Crippen molar-refractivity contribution in [1.82, 2.24) is 9.80 Å². The van der Waals surface area contributed by atoms with Crippen LogP contribution in [0.5, 0.6) is 0 Å². The Morgan fingerprint density at radius 2 is 1.85 bits per heavy atom. The Hall–Kier alpha value is -0.880. The summed E-state index contributed by atoms with van der Waals surface area (Å²) in [5.41, 5.74) is 0. The number of thiophene rings is 1. The maximum atomic E-state index is 12.3. The van der Waals surface area contributed by atoms with Gasteiger partial charge in [0, 0.05) is 32.6 Å². The maximum Gasteiger partial charge on any atom is 0.264 e. The van der Waals surface area contributed by atoms with Gasteiger partial charge in [0.1, 0.15) is 0 Å². The van der Waals surface area contributed by atoms with Crippen molar-refractivity contribution in [3.8, 4) is 0 Å². The molecule has 1 aromatic rings. The Labute approximate surface area is 131 Å². The summed E-state index contributed by atoms with van der Waals surface area (Å²) in [6.07, 6.45) is 2.61. The minimum Gasteiger partial charge on any atom is -0.339 e. The summed E-state index contributed by atoms with van der Waals surface area (Å²) in [6.45, 7) is 4.66. The highest BCUT2D eigenvalue weighted by molar-refractivity contribution is 9.11. The highest BCUT2D eigenvalue weighted by Gasteiger charge is 2.25. The molecule has 0 aromatic carbocycles. The zero-order chi connectivity index (χ0) is 14.5. The van der Waals surface area contributed by atoms with E-state index in [1.54, 1.807) is 0 Å². The minimum atomic E-state index is 0.0707. The summed E-state index contributed by atoms with van der Waals surface area (Å²) in [6, 6.07) is 3.73. The number of hydrogen-bond acceptors (Lipinski definition) is 3. The molecule has 0 saturated carbocycles. The van der Waals surface area contributed by atoms with E-state index < -0.39 is 0 Å². The van der Waals surface area contributed by atoms with Crippen molar-refractivity contribution in [3.63, 3.8) is 0 Å². The van der Waals surface area contributed by atoms with Crippen molar-refractivity contribution in [2.45, 2.75) is 26.2 Å². The van der Waals surface area contributed by atoms with E-state index in [-0.39, 0.29) is 11.8 Å². The largest absolute Gasteiger partial charge is 0.339 e. The number of amides is 2. The van der Waals surface area contributed by atoms with Crippen LogP contribution in [-0.4, -0.2) is 47.8 Å². The third-order valence-electron chi connectivity index (χ3n) is 3.45. The van der Waals surface area contributed by atoms with Crippen LogP contribution in [0, 0.1) is 0 Å². The molecule has 0 bridgehead atoms. The lowest BCUT2D eigenvalue weighted by molar-refractivity contribution is -0.132. The molecule has 0 atom stereocenters. The number of carbonyl (C=O) groups is 2. The first-order chi connectivity index (χ1) is 9.61. The number of piperazine rings is 1. The third kappa shape index (κ3) is 3.82. The second kappa shape index (κ2) is 7.22. The van der Waals surface area contributed by atoms with Gasteiger partial charge in [0.2, 0.25) is 5.91 Å². The van der Waals surface area contributed by atoms with Gasteiger partial charge in [0.15, 0.2) is 0 Å². The monoisotopic (exact) mass is 358 g/mol. The fraction of sp³-hybridized carbons (Fsp3) is 0.571. The van der Waals surface area contributed by atoms with E-state index >= 15 is 0 Å². The Bertz CT molecular complexity index is 481. The van der Waals surface area contributed by atoms with Gasteiger partial charge >= 0.3 is 0 Å². The van der Waals surface area contributed by atoms with Crippen LogP contribution in [0.3, 0.4) is 0 Å². The van der Waals surface area contributed by atoms with Gasteiger partial charge in [-0.2, -0.15) is 0 Å². The summed E-state index contributed by atoms with van der Waals surface area (Å²) in [5.74, 6) is 0.291. The van der Waals surface area contributed by atoms with Crippen molar-refractivity contribution in [3.05, 3.63) is 20.8 Å². The van der Waals surface area contributed by atoms with Crippen LogP contribution in [0.1, 0.15) is 35.9 Å². The van der Waals surface area contributed by atoms with Crippen LogP contribution < -0.4 is 0 Å². The highest BCUT2D eigenvalue weighted by Crippen LogP contribution is 2.23. The first kappa shape index (κ1) is 15.5. The molecule has 0 radical (unpaired) electrons. The van der Waals surface area contributed by atoms with Crippen LogP contribution in [0.2, 0.25) is 0 Å². The van der Waals surface area contributed by atoms with E-state index in [4.69, 9.17) is 0 Å². The first-order valence-corrected chi connectivity index (χ1v) is 8.55. The number of halogens is 1. The van der Waals surface area contributed by atoms with Crippen LogP contribution in [0.15, 0.2) is 15.9 Å². The van der Waals surface area contributed by atoms with Crippen molar-refractivity contribution >= 4 is 39.1 Å². The number of nitrogens with zero attached hydrogens (tertiary/aromatic N) is 2. The number of rotatable bonds is 4. The fourth-order valence-electron chi connectivity index (χ4n) is 2.23. The molecule has 2 amide bonds. The molecule has 20 heavy (non-hydrogen) atoms. The predicted octanol–water partition coefficient (Wildman–Crippen LogP) is 2.99. The van der Waals surface area contributed by atoms with E-state index in [0.717, 1.165) is 21.5 Å². The van der Waals surface area contributed by atoms with Gasteiger partial charge in [0.25, 0.3) is 5.91 Å². The molecule has 0 unspecified atom stereocenters. The van der Waals surface area contributed by atoms with Crippen molar-refractivity contribution < 1.29 is 9.59 Å². The first-order valence-electron chi connectivity index (χ1n) is 6.94. The molecule has 1 aliphatic heterocycles. The summed E-state index contributed by atoms with van der Waals surface area (Å²) in [4.78, 5) is 28.7. The Morgan fingerprint density at radius 3 is 2.40 bits per heavy atom. The average molecular weight is 359 g/mol. The Kier molecular flexibility index (Phi) is 5.60. The fourth-order valence-corrected chi connectivity index (χ4v) is 3.58. The molecule has 1 saturated heterocycles. The predicted molar refractivity (Wildman–Crippen MR) is 84.0 cm³/mol. The van der Waals surface area contributed by atoms with E-state index in [1.165, 1.54) is 11.3 Å². The Morgan fingerprint density at radius 1 is 1.20 bits per heavy atom. The number of hydrogen-bond donors (Lipinski definition) is 0. The lowest BCUT2D eigenvalue weighted by Crippen LogP contribution is -2.50. The summed E-state index contributed by atoms with van der Waals surface area (Å²) >= 11 is 4.82. The Balaban J connectivity index is 1.85. The van der Waals surface area contributed by atoms with Gasteiger partial charge in [-0.25, -0.2) is 0 Å². The molecule has 2 heterocycles. The van der Waals surface area contributed by atoms with Crippen molar-refractivity contribution in [2.24, 2.45) is 0 Å². The molecule has 110 valence electrons. The van der Waals surface area contributed by atoms with E-state index in [2.05, 4.69) is 22.9 Å². The average Bonchev–Trinajstić information content (AvgIpc) is 2.90.